The summed E-state index contributed by atoms with van der Waals surface area (Å²) >= 11 is 6.77. The van der Waals surface area contributed by atoms with E-state index in [4.69, 9.17) is 11.6 Å². The Balaban J connectivity index is 0.000000169. The predicted molar refractivity (Wildman–Crippen MR) is 546 cm³/mol. The molecule has 0 atom stereocenters. The van der Waals surface area contributed by atoms with Crippen LogP contribution in [0.5, 0.6) is 0 Å². The molecule has 2 saturated carbocycles. The van der Waals surface area contributed by atoms with E-state index in [1.54, 1.807) is 5.56 Å². The molecule has 652 valence electrons. The molecule has 1 nitrogen and oxygen atoms in total. The molecule has 2 fully saturated rings. The van der Waals surface area contributed by atoms with Crippen LogP contribution in [0.15, 0.2) is 243 Å². The van der Waals surface area contributed by atoms with E-state index in [-0.39, 0.29) is 54.1 Å². The largest absolute Gasteiger partial charge is 0.310 e. The van der Waals surface area contributed by atoms with Crippen molar-refractivity contribution in [1.29, 1.82) is 0 Å². The molecule has 0 spiro atoms. The van der Waals surface area contributed by atoms with Gasteiger partial charge in [0.1, 0.15) is 0 Å². The molecule has 12 aromatic rings. The molecule has 0 N–H and O–H groups in total. The van der Waals surface area contributed by atoms with Gasteiger partial charge < -0.3 is 4.90 Å². The standard InChI is InChI=1S/C61H73N.C34H45Cl.C28H30/c1-57(2,3)46-31-44(32-47(37-46)58(4,5)6)42-30-43(45-33-48(59(7,8)9)38-49(34-45)60(10,11)12)36-52(35-42)62(50-26-24-41(25-27-50)40-20-16-15-17-21-40)51-28-29-54-53-22-18-19-23-55(53)61(13,14)56(54)39-51;1-31(2,3)26-14-24(15-27(20-26)32(4,5)6)22-13-23(19-30(35)18-22)25-16-28(33(7,8)9)21-29(17-25)34(10,11)12;1-28(2)26-11-7-6-10-24(26)25-17-14-21(19-27(25)28)18-20-12-15-23(16-13-20)22-8-4-3-5-9-22/h18-19,22-40H,15-17,20-21H2,1-14H3;13-21H,1-12H3;6-7,10-17,19,22H,3-5,8-9,18H2,1-2H3. The van der Waals surface area contributed by atoms with E-state index in [9.17, 15) is 0 Å². The first-order valence-electron chi connectivity index (χ1n) is 47.4. The van der Waals surface area contributed by atoms with Gasteiger partial charge in [-0.05, 0) is 304 Å². The monoisotopic (exact) mass is 1670 g/mol. The fourth-order valence-electron chi connectivity index (χ4n) is 19.7. The third-order valence-corrected chi connectivity index (χ3v) is 28.5. The van der Waals surface area contributed by atoms with Crippen molar-refractivity contribution in [2.75, 3.05) is 4.90 Å². The Bertz CT molecular complexity index is 5580. The average molecular weight is 1680 g/mol. The van der Waals surface area contributed by atoms with Gasteiger partial charge in [-0.25, -0.2) is 0 Å². The molecule has 2 heteroatoms. The fraction of sp³-hybridized carbons (Fsp3) is 0.415. The number of benzene rings is 12. The van der Waals surface area contributed by atoms with Gasteiger partial charge in [0.2, 0.25) is 0 Å². The van der Waals surface area contributed by atoms with E-state index >= 15 is 0 Å². The maximum atomic E-state index is 6.77. The molecular weight excluding hydrogens is 1530 g/mol. The maximum absolute atomic E-state index is 6.77. The van der Waals surface area contributed by atoms with E-state index in [0.29, 0.717) is 5.92 Å². The van der Waals surface area contributed by atoms with Crippen LogP contribution in [0.1, 0.15) is 359 Å². The number of anilines is 3. The van der Waals surface area contributed by atoms with Crippen LogP contribution in [0, 0.1) is 0 Å². The summed E-state index contributed by atoms with van der Waals surface area (Å²) in [6, 6.07) is 94.2. The van der Waals surface area contributed by atoms with Gasteiger partial charge in [0.15, 0.2) is 0 Å². The third-order valence-electron chi connectivity index (χ3n) is 28.2. The minimum atomic E-state index is -0.112. The molecule has 125 heavy (non-hydrogen) atoms. The zero-order valence-corrected chi connectivity index (χ0v) is 82.6. The first-order chi connectivity index (χ1) is 58.4. The zero-order chi connectivity index (χ0) is 90.3. The molecule has 4 aliphatic rings. The molecule has 0 aliphatic heterocycles. The van der Waals surface area contributed by atoms with Crippen molar-refractivity contribution in [3.63, 3.8) is 0 Å². The van der Waals surface area contributed by atoms with Gasteiger partial charge in [-0.1, -0.05) is 426 Å². The minimum absolute atomic E-state index is 0.0000121. The first-order valence-corrected chi connectivity index (χ1v) is 47.8. The topological polar surface area (TPSA) is 3.24 Å². The van der Waals surface area contributed by atoms with Crippen molar-refractivity contribution in [3.05, 3.63) is 337 Å². The Hall–Kier alpha value is -9.27. The van der Waals surface area contributed by atoms with Crippen LogP contribution in [0.3, 0.4) is 0 Å². The summed E-state index contributed by atoms with van der Waals surface area (Å²) in [7, 11) is 0. The van der Waals surface area contributed by atoms with E-state index in [1.807, 2.05) is 0 Å². The van der Waals surface area contributed by atoms with Crippen molar-refractivity contribution in [1.82, 2.24) is 0 Å². The Morgan fingerprint density at radius 3 is 0.856 bits per heavy atom. The summed E-state index contributed by atoms with van der Waals surface area (Å²) in [6.07, 6.45) is 14.6. The van der Waals surface area contributed by atoms with Crippen molar-refractivity contribution >= 4 is 28.7 Å². The number of nitrogens with zero attached hydrogens (tertiary/aromatic N) is 1. The smallest absolute Gasteiger partial charge is 0.0473 e. The lowest BCUT2D eigenvalue weighted by atomic mass is 9.78. The second-order valence-corrected chi connectivity index (χ2v) is 47.6. The van der Waals surface area contributed by atoms with Gasteiger partial charge in [0.25, 0.3) is 0 Å². The van der Waals surface area contributed by atoms with Gasteiger partial charge in [0.05, 0.1) is 0 Å². The quantitative estimate of drug-likeness (QED) is 0.125. The highest BCUT2D eigenvalue weighted by atomic mass is 35.5. The predicted octanol–water partition coefficient (Wildman–Crippen LogP) is 36.5. The van der Waals surface area contributed by atoms with Crippen LogP contribution in [-0.4, -0.2) is 0 Å². The number of rotatable bonds is 11. The van der Waals surface area contributed by atoms with Crippen molar-refractivity contribution in [2.45, 2.75) is 330 Å². The van der Waals surface area contributed by atoms with Crippen LogP contribution >= 0.6 is 11.6 Å². The van der Waals surface area contributed by atoms with E-state index in [1.165, 1.54) is 231 Å². The average Bonchev–Trinajstić information content (AvgIpc) is 1.59. The summed E-state index contributed by atoms with van der Waals surface area (Å²) in [5.74, 6) is 1.45. The molecule has 0 amide bonds. The van der Waals surface area contributed by atoms with E-state index in [2.05, 4.69) is 441 Å². The van der Waals surface area contributed by atoms with Crippen molar-refractivity contribution in [3.8, 4) is 66.8 Å². The van der Waals surface area contributed by atoms with Gasteiger partial charge in [-0.15, -0.1) is 0 Å². The summed E-state index contributed by atoms with van der Waals surface area (Å²) in [5.41, 5.74) is 41.6. The van der Waals surface area contributed by atoms with Crippen LogP contribution < -0.4 is 4.90 Å². The SMILES string of the molecule is CC(C)(C)c1cc(-c2cc(-c3cc(C(C)(C)C)cc(C(C)(C)C)c3)cc(N(c3ccc(C4CCCCC4)cc3)c3ccc4c(c3)C(C)(C)c3ccccc3-4)c2)cc(C(C)(C)C)c1.CC(C)(C)c1cc(-c2cc(Cl)cc(-c3cc(C(C)(C)C)cc(C(C)(C)C)c3)c2)cc(C(C)(C)C)c1.CC1(C)c2ccccc2-c2ccc(Cc3ccc(C4CCCCC4)cc3)cc21. The highest BCUT2D eigenvalue weighted by Crippen LogP contribution is 2.54. The van der Waals surface area contributed by atoms with Crippen LogP contribution in [-0.2, 0) is 60.6 Å². The zero-order valence-electron chi connectivity index (χ0n) is 81.9. The Morgan fingerprint density at radius 1 is 0.248 bits per heavy atom. The molecule has 0 heterocycles. The summed E-state index contributed by atoms with van der Waals surface area (Å²) in [5, 5.41) is 0.773. The second kappa shape index (κ2) is 34.7. The molecule has 0 bridgehead atoms. The molecular formula is C123H148ClN. The molecule has 4 aliphatic carbocycles. The fourth-order valence-corrected chi connectivity index (χ4v) is 19.9. The normalized spacial score (nSPS) is 15.5. The Labute approximate surface area is 762 Å². The lowest BCUT2D eigenvalue weighted by Crippen LogP contribution is -2.17. The van der Waals surface area contributed by atoms with Gasteiger partial charge >= 0.3 is 0 Å². The molecule has 0 aromatic heterocycles. The number of fused-ring (bicyclic) bond motifs is 6. The number of hydrogen-bond donors (Lipinski definition) is 0. The van der Waals surface area contributed by atoms with Gasteiger partial charge in [-0.2, -0.15) is 0 Å². The van der Waals surface area contributed by atoms with Crippen molar-refractivity contribution in [2.24, 2.45) is 0 Å². The highest BCUT2D eigenvalue weighted by molar-refractivity contribution is 6.31. The summed E-state index contributed by atoms with van der Waals surface area (Å²) in [6.45, 7) is 65.1. The lowest BCUT2D eigenvalue weighted by Gasteiger charge is -2.30. The molecule has 0 unspecified atom stereocenters. The first kappa shape index (κ1) is 91.9. The van der Waals surface area contributed by atoms with Gasteiger partial charge in [-0.3, -0.25) is 0 Å². The minimum Gasteiger partial charge on any atom is -0.310 e. The number of hydrogen-bond acceptors (Lipinski definition) is 1. The second-order valence-electron chi connectivity index (χ2n) is 47.2. The molecule has 12 aromatic carbocycles. The lowest BCUT2D eigenvalue weighted by molar-refractivity contribution is 0.443. The van der Waals surface area contributed by atoms with Crippen LogP contribution in [0.25, 0.3) is 66.8 Å². The molecule has 0 saturated heterocycles. The molecule has 16 rings (SSSR count). The third kappa shape index (κ3) is 20.5. The maximum Gasteiger partial charge on any atom is 0.0473 e. The van der Waals surface area contributed by atoms with Crippen molar-refractivity contribution < 1.29 is 0 Å². The van der Waals surface area contributed by atoms with Crippen LogP contribution in [0.4, 0.5) is 17.1 Å². The van der Waals surface area contributed by atoms with Crippen LogP contribution in [0.2, 0.25) is 5.02 Å². The Kier molecular flexibility index (Phi) is 25.5. The summed E-state index contributed by atoms with van der Waals surface area (Å²) < 4.78 is 0. The van der Waals surface area contributed by atoms with E-state index < -0.39 is 0 Å². The number of halogens is 1. The molecule has 0 radical (unpaired) electrons. The highest BCUT2D eigenvalue weighted by Gasteiger charge is 2.38. The summed E-state index contributed by atoms with van der Waals surface area (Å²) in [4.78, 5) is 2.55. The van der Waals surface area contributed by atoms with Gasteiger partial charge in [0, 0.05) is 32.9 Å². The Morgan fingerprint density at radius 2 is 0.520 bits per heavy atom. The van der Waals surface area contributed by atoms with E-state index in [0.717, 1.165) is 17.4 Å².